The quantitative estimate of drug-likeness (QED) is 0.156. The Labute approximate surface area is 364 Å². The van der Waals surface area contributed by atoms with Gasteiger partial charge in [0.1, 0.15) is 5.82 Å². The van der Waals surface area contributed by atoms with E-state index in [1.54, 1.807) is 0 Å². The summed E-state index contributed by atoms with van der Waals surface area (Å²) in [5.74, 6) is 2.03. The summed E-state index contributed by atoms with van der Waals surface area (Å²) >= 11 is 0. The number of aromatic nitrogens is 3. The van der Waals surface area contributed by atoms with Crippen LogP contribution >= 0.6 is 0 Å². The molecule has 0 N–H and O–H groups in total. The topological polar surface area (TPSA) is 38.5 Å². The molecule has 1 aliphatic heterocycles. The van der Waals surface area contributed by atoms with Crippen LogP contribution in [0.3, 0.4) is 0 Å². The standard InChI is InChI=1S/C53H40N5O.Pt/c1-53(2,3)37-28-39(56-34-55(4)48-21-13-14-22-49(48)56)30-41(29-37)59-40-24-25-43-44-27-36(35-15-7-5-8-16-35)23-26-47(44)58(50(43)31-40)52-32-51-45(33-54-52)42-19-11-12-20-46(42)57(51)38-17-9-6-10-18-38;/h5-29,32-34H,1-4H3;/q-3;. The fraction of sp³-hybridized carbons (Fsp3) is 0.0943. The number of fused-ring (bicyclic) bond motifs is 7. The fourth-order valence-corrected chi connectivity index (χ4v) is 8.58. The smallest absolute Gasteiger partial charge is 0.137 e. The molecule has 0 amide bonds. The third kappa shape index (κ3) is 6.26. The van der Waals surface area contributed by atoms with E-state index < -0.39 is 0 Å². The van der Waals surface area contributed by atoms with E-state index in [1.807, 2.05) is 12.3 Å². The van der Waals surface area contributed by atoms with Gasteiger partial charge in [-0.3, -0.25) is 0 Å². The Morgan fingerprint density at radius 3 is 2.08 bits per heavy atom. The van der Waals surface area contributed by atoms with Crippen molar-refractivity contribution >= 4 is 60.7 Å². The molecule has 7 aromatic carbocycles. The van der Waals surface area contributed by atoms with Crippen LogP contribution in [0.4, 0.5) is 17.1 Å². The molecule has 0 fully saturated rings. The summed E-state index contributed by atoms with van der Waals surface area (Å²) in [5, 5.41) is 4.44. The molecule has 0 spiro atoms. The summed E-state index contributed by atoms with van der Waals surface area (Å²) in [5.41, 5.74) is 11.7. The van der Waals surface area contributed by atoms with Crippen LogP contribution in [0.2, 0.25) is 0 Å². The van der Waals surface area contributed by atoms with Crippen LogP contribution in [0.15, 0.2) is 164 Å². The van der Waals surface area contributed by atoms with Gasteiger partial charge in [0.15, 0.2) is 0 Å². The number of rotatable bonds is 6. The second-order valence-electron chi connectivity index (χ2n) is 16.3. The van der Waals surface area contributed by atoms with Gasteiger partial charge in [0.05, 0.1) is 11.0 Å². The van der Waals surface area contributed by atoms with E-state index in [0.29, 0.717) is 11.5 Å². The van der Waals surface area contributed by atoms with Crippen LogP contribution in [-0.2, 0) is 26.5 Å². The molecule has 11 rings (SSSR count). The molecule has 4 heterocycles. The summed E-state index contributed by atoms with van der Waals surface area (Å²) in [6.45, 7) is 8.79. The Kier molecular flexibility index (Phi) is 9.15. The zero-order chi connectivity index (χ0) is 39.8. The van der Waals surface area contributed by atoms with Crippen LogP contribution in [0.5, 0.6) is 11.5 Å². The predicted octanol–water partition coefficient (Wildman–Crippen LogP) is 13.3. The molecule has 7 heteroatoms. The number of benzene rings is 7. The van der Waals surface area contributed by atoms with Gasteiger partial charge >= 0.3 is 0 Å². The predicted molar refractivity (Wildman–Crippen MR) is 243 cm³/mol. The average Bonchev–Trinajstić information content (AvgIpc) is 3.90. The minimum absolute atomic E-state index is 0. The SMILES string of the molecule is CN1[CH-]N(c2[c-]c(Oc3[c-]c4c(cc3)c3cc(-c5ccccc5)ccc3n4-c3cc4c(cn3)c3ccccc3n4-c3ccccc3)cc(C(C)(C)C)c2)c2ccccc21.[Pt]. The van der Waals surface area contributed by atoms with Crippen molar-refractivity contribution in [2.45, 2.75) is 26.2 Å². The van der Waals surface area contributed by atoms with Crippen molar-refractivity contribution in [3.63, 3.8) is 0 Å². The number of hydrogen-bond acceptors (Lipinski definition) is 4. The van der Waals surface area contributed by atoms with Gasteiger partial charge in [0.2, 0.25) is 0 Å². The zero-order valence-electron chi connectivity index (χ0n) is 33.6. The monoisotopic (exact) mass is 957 g/mol. The molecule has 6 nitrogen and oxygen atoms in total. The molecule has 10 aromatic rings. The number of nitrogens with zero attached hydrogens (tertiary/aromatic N) is 5. The fourth-order valence-electron chi connectivity index (χ4n) is 8.58. The van der Waals surface area contributed by atoms with Crippen molar-refractivity contribution in [3.05, 3.63) is 188 Å². The van der Waals surface area contributed by atoms with Crippen molar-refractivity contribution < 1.29 is 25.8 Å². The molecule has 0 bridgehead atoms. The molecule has 0 saturated carbocycles. The van der Waals surface area contributed by atoms with Crippen molar-refractivity contribution in [1.82, 2.24) is 14.1 Å². The third-order valence-corrected chi connectivity index (χ3v) is 11.5. The van der Waals surface area contributed by atoms with E-state index in [0.717, 1.165) is 83.3 Å². The van der Waals surface area contributed by atoms with Gasteiger partial charge in [-0.2, -0.15) is 12.7 Å². The van der Waals surface area contributed by atoms with Crippen LogP contribution in [0.1, 0.15) is 26.3 Å². The van der Waals surface area contributed by atoms with Gasteiger partial charge in [-0.15, -0.1) is 47.0 Å². The molecular formula is C53H40N5OPt-3. The van der Waals surface area contributed by atoms with Gasteiger partial charge in [0.25, 0.3) is 0 Å². The van der Waals surface area contributed by atoms with Crippen LogP contribution in [0, 0.1) is 18.8 Å². The van der Waals surface area contributed by atoms with E-state index >= 15 is 0 Å². The molecule has 0 aliphatic carbocycles. The van der Waals surface area contributed by atoms with E-state index in [2.05, 4.69) is 217 Å². The zero-order valence-corrected chi connectivity index (χ0v) is 35.9. The molecule has 0 unspecified atom stereocenters. The molecule has 60 heavy (non-hydrogen) atoms. The van der Waals surface area contributed by atoms with Crippen LogP contribution in [0.25, 0.3) is 66.2 Å². The first kappa shape index (κ1) is 37.6. The number of ether oxygens (including phenoxy) is 1. The van der Waals surface area contributed by atoms with E-state index in [-0.39, 0.29) is 26.5 Å². The molecular weight excluding hydrogens is 918 g/mol. The van der Waals surface area contributed by atoms with Gasteiger partial charge in [-0.05, 0) is 65.4 Å². The first-order chi connectivity index (χ1) is 28.8. The molecule has 1 aliphatic rings. The maximum absolute atomic E-state index is 6.80. The Hall–Kier alpha value is -6.62. The molecule has 0 atom stereocenters. The van der Waals surface area contributed by atoms with E-state index in [1.165, 1.54) is 5.56 Å². The first-order valence-corrected chi connectivity index (χ1v) is 20.0. The Morgan fingerprint density at radius 2 is 1.28 bits per heavy atom. The molecule has 3 aromatic heterocycles. The Balaban J connectivity index is 0.00000433. The molecule has 296 valence electrons. The van der Waals surface area contributed by atoms with E-state index in [4.69, 9.17) is 9.72 Å². The minimum Gasteiger partial charge on any atom is -0.509 e. The Morgan fingerprint density at radius 1 is 0.567 bits per heavy atom. The van der Waals surface area contributed by atoms with Gasteiger partial charge in [-0.1, -0.05) is 117 Å². The van der Waals surface area contributed by atoms with Crippen molar-refractivity contribution in [2.75, 3.05) is 16.8 Å². The van der Waals surface area contributed by atoms with Gasteiger partial charge in [-0.25, -0.2) is 4.98 Å². The minimum atomic E-state index is -0.129. The maximum atomic E-state index is 6.80. The maximum Gasteiger partial charge on any atom is 0.137 e. The number of anilines is 3. The van der Waals surface area contributed by atoms with Gasteiger partial charge in [0, 0.05) is 78.2 Å². The van der Waals surface area contributed by atoms with Gasteiger partial charge < -0.3 is 23.7 Å². The van der Waals surface area contributed by atoms with Crippen molar-refractivity contribution in [1.29, 1.82) is 0 Å². The number of hydrogen-bond donors (Lipinski definition) is 0. The number of para-hydroxylation sites is 4. The Bertz CT molecular complexity index is 3240. The molecule has 0 radical (unpaired) electrons. The summed E-state index contributed by atoms with van der Waals surface area (Å²) in [6.07, 6.45) is 2.02. The van der Waals surface area contributed by atoms with E-state index in [9.17, 15) is 0 Å². The summed E-state index contributed by atoms with van der Waals surface area (Å²) < 4.78 is 11.4. The number of pyridine rings is 1. The second kappa shape index (κ2) is 14.6. The summed E-state index contributed by atoms with van der Waals surface area (Å²) in [6, 6.07) is 62.8. The average molecular weight is 958 g/mol. The normalized spacial score (nSPS) is 12.7. The first-order valence-electron chi connectivity index (χ1n) is 20.0. The van der Waals surface area contributed by atoms with Crippen LogP contribution in [-0.4, -0.2) is 21.2 Å². The third-order valence-electron chi connectivity index (χ3n) is 11.5. The summed E-state index contributed by atoms with van der Waals surface area (Å²) in [7, 11) is 2.07. The largest absolute Gasteiger partial charge is 0.509 e. The van der Waals surface area contributed by atoms with Crippen molar-refractivity contribution in [2.24, 2.45) is 0 Å². The van der Waals surface area contributed by atoms with Crippen molar-refractivity contribution in [3.8, 4) is 34.1 Å². The second-order valence-corrected chi connectivity index (χ2v) is 16.3. The van der Waals surface area contributed by atoms with Crippen LogP contribution < -0.4 is 14.5 Å². The summed E-state index contributed by atoms with van der Waals surface area (Å²) in [4.78, 5) is 9.51. The molecule has 0 saturated heterocycles.